The molecule has 0 amide bonds. The first-order valence-electron chi connectivity index (χ1n) is 7.62. The zero-order valence-corrected chi connectivity index (χ0v) is 13.6. The van der Waals surface area contributed by atoms with E-state index in [4.69, 9.17) is 22.1 Å². The Labute approximate surface area is 127 Å². The Morgan fingerprint density at radius 2 is 1.90 bits per heavy atom. The second-order valence-corrected chi connectivity index (χ2v) is 6.69. The molecule has 1 fully saturated rings. The van der Waals surface area contributed by atoms with Gasteiger partial charge in [-0.15, -0.1) is 0 Å². The van der Waals surface area contributed by atoms with Gasteiger partial charge in [-0.1, -0.05) is 50.8 Å². The second-order valence-electron chi connectivity index (χ2n) is 6.28. The number of hydrogen-bond donors (Lipinski definition) is 1. The third-order valence-corrected chi connectivity index (χ3v) is 4.99. The van der Waals surface area contributed by atoms with Crippen LogP contribution in [-0.4, -0.2) is 13.7 Å². The normalized spacial score (nSPS) is 18.3. The summed E-state index contributed by atoms with van der Waals surface area (Å²) in [5.41, 5.74) is 8.70. The fourth-order valence-corrected chi connectivity index (χ4v) is 3.67. The molecule has 1 aromatic rings. The Kier molecular flexibility index (Phi) is 4.98. The van der Waals surface area contributed by atoms with Crippen LogP contribution in [0, 0.1) is 0 Å². The number of ether oxygens (including phenoxy) is 1. The molecular formula is C17H26ClNO. The van der Waals surface area contributed by atoms with Crippen molar-refractivity contribution in [2.75, 3.05) is 13.7 Å². The van der Waals surface area contributed by atoms with Crippen LogP contribution in [0.3, 0.4) is 0 Å². The van der Waals surface area contributed by atoms with Crippen LogP contribution in [0.1, 0.15) is 63.0 Å². The Balaban J connectivity index is 2.57. The van der Waals surface area contributed by atoms with Gasteiger partial charge in [-0.3, -0.25) is 0 Å². The smallest absolute Gasteiger partial charge is 0.141 e. The third kappa shape index (κ3) is 2.82. The minimum Gasteiger partial charge on any atom is -0.495 e. The lowest BCUT2D eigenvalue weighted by atomic mass is 9.68. The molecule has 0 saturated heterocycles. The van der Waals surface area contributed by atoms with Crippen molar-refractivity contribution in [1.82, 2.24) is 0 Å². The van der Waals surface area contributed by atoms with Gasteiger partial charge in [0.2, 0.25) is 0 Å². The van der Waals surface area contributed by atoms with Gasteiger partial charge in [0, 0.05) is 17.5 Å². The number of hydrogen-bond acceptors (Lipinski definition) is 2. The van der Waals surface area contributed by atoms with Crippen LogP contribution in [0.4, 0.5) is 0 Å². The number of nitrogens with two attached hydrogens (primary N) is 1. The van der Waals surface area contributed by atoms with E-state index in [1.165, 1.54) is 30.4 Å². The lowest BCUT2D eigenvalue weighted by Gasteiger charge is -2.38. The van der Waals surface area contributed by atoms with E-state index in [0.29, 0.717) is 17.5 Å². The molecule has 1 aromatic carbocycles. The van der Waals surface area contributed by atoms with Crippen LogP contribution >= 0.6 is 11.6 Å². The van der Waals surface area contributed by atoms with Gasteiger partial charge in [-0.25, -0.2) is 0 Å². The highest BCUT2D eigenvalue weighted by Gasteiger charge is 2.36. The van der Waals surface area contributed by atoms with E-state index < -0.39 is 0 Å². The van der Waals surface area contributed by atoms with Gasteiger partial charge in [-0.05, 0) is 30.4 Å². The molecule has 20 heavy (non-hydrogen) atoms. The van der Waals surface area contributed by atoms with E-state index in [-0.39, 0.29) is 5.41 Å². The molecule has 0 unspecified atom stereocenters. The topological polar surface area (TPSA) is 35.2 Å². The zero-order chi connectivity index (χ0) is 14.8. The monoisotopic (exact) mass is 295 g/mol. The molecule has 2 N–H and O–H groups in total. The molecule has 2 nitrogen and oxygen atoms in total. The van der Waals surface area contributed by atoms with E-state index in [0.717, 1.165) is 18.6 Å². The number of methoxy groups -OCH3 is 1. The summed E-state index contributed by atoms with van der Waals surface area (Å²) < 4.78 is 5.60. The van der Waals surface area contributed by atoms with Crippen LogP contribution in [0.25, 0.3) is 0 Å². The summed E-state index contributed by atoms with van der Waals surface area (Å²) in [7, 11) is 1.70. The van der Waals surface area contributed by atoms with Gasteiger partial charge in [0.15, 0.2) is 0 Å². The molecule has 1 aliphatic rings. The van der Waals surface area contributed by atoms with Crippen LogP contribution in [0.15, 0.2) is 12.1 Å². The molecule has 0 heterocycles. The molecule has 0 spiro atoms. The van der Waals surface area contributed by atoms with Crippen molar-refractivity contribution >= 4 is 11.6 Å². The number of rotatable bonds is 4. The Morgan fingerprint density at radius 1 is 1.25 bits per heavy atom. The molecule has 0 aromatic heterocycles. The predicted molar refractivity (Wildman–Crippen MR) is 85.9 cm³/mol. The predicted octanol–water partition coefficient (Wildman–Crippen LogP) is 4.63. The molecule has 0 atom stereocenters. The summed E-state index contributed by atoms with van der Waals surface area (Å²) in [4.78, 5) is 0. The van der Waals surface area contributed by atoms with Crippen molar-refractivity contribution in [3.63, 3.8) is 0 Å². The van der Waals surface area contributed by atoms with Crippen molar-refractivity contribution in [2.24, 2.45) is 5.73 Å². The molecule has 0 radical (unpaired) electrons. The molecular weight excluding hydrogens is 270 g/mol. The molecule has 112 valence electrons. The molecule has 0 aliphatic heterocycles. The fourth-order valence-electron chi connectivity index (χ4n) is 3.36. The van der Waals surface area contributed by atoms with Gasteiger partial charge in [0.05, 0.1) is 12.1 Å². The first-order chi connectivity index (χ1) is 9.54. The molecule has 1 aliphatic carbocycles. The fraction of sp³-hybridized carbons (Fsp3) is 0.647. The first-order valence-corrected chi connectivity index (χ1v) is 8.00. The van der Waals surface area contributed by atoms with Crippen molar-refractivity contribution < 1.29 is 4.74 Å². The Hall–Kier alpha value is -0.730. The summed E-state index contributed by atoms with van der Waals surface area (Å²) in [6.45, 7) is 5.05. The summed E-state index contributed by atoms with van der Waals surface area (Å²) in [6.07, 6.45) is 6.06. The minimum atomic E-state index is 0.0398. The van der Waals surface area contributed by atoms with Crippen molar-refractivity contribution in [3.8, 4) is 5.75 Å². The van der Waals surface area contributed by atoms with Crippen LogP contribution in [0.2, 0.25) is 5.02 Å². The Morgan fingerprint density at radius 3 is 2.40 bits per heavy atom. The Bertz CT molecular complexity index is 464. The van der Waals surface area contributed by atoms with Gasteiger partial charge < -0.3 is 10.5 Å². The third-order valence-electron chi connectivity index (χ3n) is 4.71. The SMILES string of the molecule is COc1c(Cl)cc(C(C)C)cc1C1(CN)CCCCC1. The van der Waals surface area contributed by atoms with Crippen molar-refractivity contribution in [3.05, 3.63) is 28.3 Å². The number of benzene rings is 1. The lowest BCUT2D eigenvalue weighted by molar-refractivity contribution is 0.287. The summed E-state index contributed by atoms with van der Waals surface area (Å²) >= 11 is 6.45. The average molecular weight is 296 g/mol. The van der Waals surface area contributed by atoms with Crippen molar-refractivity contribution in [2.45, 2.75) is 57.3 Å². The summed E-state index contributed by atoms with van der Waals surface area (Å²) in [5.74, 6) is 1.28. The first kappa shape index (κ1) is 15.7. The minimum absolute atomic E-state index is 0.0398. The van der Waals surface area contributed by atoms with Crippen LogP contribution < -0.4 is 10.5 Å². The van der Waals surface area contributed by atoms with E-state index in [2.05, 4.69) is 19.9 Å². The lowest BCUT2D eigenvalue weighted by Crippen LogP contribution is -2.37. The van der Waals surface area contributed by atoms with Gasteiger partial charge in [0.25, 0.3) is 0 Å². The maximum Gasteiger partial charge on any atom is 0.141 e. The zero-order valence-electron chi connectivity index (χ0n) is 12.8. The average Bonchev–Trinajstić information content (AvgIpc) is 2.47. The summed E-state index contributed by atoms with van der Waals surface area (Å²) in [5, 5.41) is 0.715. The number of halogens is 1. The highest BCUT2D eigenvalue weighted by Crippen LogP contribution is 2.46. The van der Waals surface area contributed by atoms with E-state index in [1.54, 1.807) is 7.11 Å². The molecule has 1 saturated carbocycles. The van der Waals surface area contributed by atoms with Crippen LogP contribution in [-0.2, 0) is 5.41 Å². The molecule has 3 heteroatoms. The van der Waals surface area contributed by atoms with Gasteiger partial charge >= 0.3 is 0 Å². The standard InChI is InChI=1S/C17H26ClNO/c1-12(2)13-9-14(16(20-3)15(18)10-13)17(11-19)7-5-4-6-8-17/h9-10,12H,4-8,11,19H2,1-3H3. The maximum atomic E-state index is 6.45. The van der Waals surface area contributed by atoms with Crippen LogP contribution in [0.5, 0.6) is 5.75 Å². The van der Waals surface area contributed by atoms with E-state index in [1.807, 2.05) is 6.07 Å². The van der Waals surface area contributed by atoms with Gasteiger partial charge in [-0.2, -0.15) is 0 Å². The van der Waals surface area contributed by atoms with Crippen molar-refractivity contribution in [1.29, 1.82) is 0 Å². The van der Waals surface area contributed by atoms with Gasteiger partial charge in [0.1, 0.15) is 5.75 Å². The summed E-state index contributed by atoms with van der Waals surface area (Å²) in [6, 6.07) is 4.30. The largest absolute Gasteiger partial charge is 0.495 e. The highest BCUT2D eigenvalue weighted by atomic mass is 35.5. The quantitative estimate of drug-likeness (QED) is 0.879. The molecule has 2 rings (SSSR count). The highest BCUT2D eigenvalue weighted by molar-refractivity contribution is 6.32. The van der Waals surface area contributed by atoms with E-state index in [9.17, 15) is 0 Å². The second kappa shape index (κ2) is 6.36. The molecule has 0 bridgehead atoms. The maximum absolute atomic E-state index is 6.45. The van der Waals surface area contributed by atoms with E-state index >= 15 is 0 Å².